The third-order valence-corrected chi connectivity index (χ3v) is 1.94. The lowest BCUT2D eigenvalue weighted by Gasteiger charge is -1.99. The summed E-state index contributed by atoms with van der Waals surface area (Å²) in [7, 11) is 0. The summed E-state index contributed by atoms with van der Waals surface area (Å²) in [5, 5.41) is 11.1. The van der Waals surface area contributed by atoms with E-state index in [1.807, 2.05) is 0 Å². The van der Waals surface area contributed by atoms with Crippen molar-refractivity contribution in [2.45, 2.75) is 6.54 Å². The zero-order valence-corrected chi connectivity index (χ0v) is 10.2. The molecular formula is C10H12ClN5O2. The van der Waals surface area contributed by atoms with Gasteiger partial charge in [0, 0.05) is 18.6 Å². The summed E-state index contributed by atoms with van der Waals surface area (Å²) in [5.41, 5.74) is 0.688. The number of rotatable bonds is 4. The Kier molecular flexibility index (Phi) is 6.34. The molecule has 1 aromatic heterocycles. The Labute approximate surface area is 109 Å². The number of urea groups is 2. The molecule has 0 unspecified atom stereocenters. The van der Waals surface area contributed by atoms with E-state index in [2.05, 4.69) is 25.8 Å². The van der Waals surface area contributed by atoms with Crippen LogP contribution in [0.5, 0.6) is 0 Å². The number of carbonyl (C=O) groups excluding carboxylic acids is 2. The Hall–Kier alpha value is -2.02. The van der Waals surface area contributed by atoms with E-state index in [1.54, 1.807) is 24.4 Å². The second-order valence-electron chi connectivity index (χ2n) is 3.10. The Bertz CT molecular complexity index is 424. The van der Waals surface area contributed by atoms with E-state index in [1.165, 1.54) is 0 Å². The number of hydrogen-bond donors (Lipinski definition) is 2. The Morgan fingerprint density at radius 3 is 2.56 bits per heavy atom. The van der Waals surface area contributed by atoms with Gasteiger partial charge < -0.3 is 10.6 Å². The largest absolute Gasteiger partial charge is 0.360 e. The van der Waals surface area contributed by atoms with Crippen LogP contribution in [0.2, 0.25) is 0 Å². The second kappa shape index (κ2) is 8.13. The van der Waals surface area contributed by atoms with Crippen LogP contribution in [-0.4, -0.2) is 29.5 Å². The summed E-state index contributed by atoms with van der Waals surface area (Å²) in [6.45, 7) is 0.497. The molecule has 0 spiro atoms. The fourth-order valence-corrected chi connectivity index (χ4v) is 1.08. The maximum absolute atomic E-state index is 11.2. The van der Waals surface area contributed by atoms with Crippen LogP contribution in [0, 0.1) is 0 Å². The van der Waals surface area contributed by atoms with Crippen LogP contribution in [0.3, 0.4) is 0 Å². The van der Waals surface area contributed by atoms with Gasteiger partial charge in [0.2, 0.25) is 0 Å². The van der Waals surface area contributed by atoms with Crippen molar-refractivity contribution in [2.24, 2.45) is 10.2 Å². The highest BCUT2D eigenvalue weighted by atomic mass is 35.5. The predicted molar refractivity (Wildman–Crippen MR) is 65.4 cm³/mol. The maximum Gasteiger partial charge on any atom is 0.360 e. The van der Waals surface area contributed by atoms with Gasteiger partial charge in [-0.3, -0.25) is 4.98 Å². The molecule has 7 nitrogen and oxygen atoms in total. The first-order chi connectivity index (χ1) is 8.72. The molecule has 0 bridgehead atoms. The van der Waals surface area contributed by atoms with E-state index in [0.717, 1.165) is 0 Å². The van der Waals surface area contributed by atoms with Gasteiger partial charge in [-0.15, -0.1) is 11.6 Å². The quantitative estimate of drug-likeness (QED) is 0.643. The van der Waals surface area contributed by atoms with Crippen molar-refractivity contribution in [3.05, 3.63) is 30.1 Å². The van der Waals surface area contributed by atoms with Gasteiger partial charge in [-0.1, -0.05) is 16.3 Å². The number of pyridine rings is 1. The van der Waals surface area contributed by atoms with E-state index in [0.29, 0.717) is 5.69 Å². The minimum atomic E-state index is -0.707. The molecule has 1 rings (SSSR count). The number of alkyl halides is 1. The monoisotopic (exact) mass is 269 g/mol. The molecule has 0 saturated heterocycles. The SMILES string of the molecule is O=C(/N=N/C(=O)NCc1ccccn1)NCCCl. The molecule has 0 fully saturated rings. The van der Waals surface area contributed by atoms with Gasteiger partial charge in [-0.2, -0.15) is 0 Å². The predicted octanol–water partition coefficient (Wildman–Crippen LogP) is 1.69. The molecule has 0 aliphatic carbocycles. The van der Waals surface area contributed by atoms with E-state index in [4.69, 9.17) is 11.6 Å². The van der Waals surface area contributed by atoms with Gasteiger partial charge in [0.05, 0.1) is 12.2 Å². The van der Waals surface area contributed by atoms with Crippen LogP contribution < -0.4 is 10.6 Å². The van der Waals surface area contributed by atoms with Crippen molar-refractivity contribution in [2.75, 3.05) is 12.4 Å². The fraction of sp³-hybridized carbons (Fsp3) is 0.300. The first-order valence-corrected chi connectivity index (χ1v) is 5.69. The standard InChI is InChI=1S/C10H12ClN5O2/c11-4-6-13-9(17)15-16-10(18)14-7-8-3-1-2-5-12-8/h1-3,5H,4,6-7H2,(H,13,17)(H,14,18)/b16-15+. The normalized spacial score (nSPS) is 10.3. The molecule has 96 valence electrons. The average Bonchev–Trinajstić information content (AvgIpc) is 2.41. The minimum absolute atomic E-state index is 0.224. The Morgan fingerprint density at radius 1 is 1.22 bits per heavy atom. The van der Waals surface area contributed by atoms with Crippen LogP contribution in [0.1, 0.15) is 5.69 Å². The van der Waals surface area contributed by atoms with Crippen LogP contribution in [0.4, 0.5) is 9.59 Å². The van der Waals surface area contributed by atoms with Gasteiger partial charge in [-0.05, 0) is 12.1 Å². The molecule has 0 aromatic carbocycles. The molecule has 4 amide bonds. The summed E-state index contributed by atoms with van der Waals surface area (Å²) in [4.78, 5) is 26.2. The van der Waals surface area contributed by atoms with Crippen molar-refractivity contribution in [3.8, 4) is 0 Å². The van der Waals surface area contributed by atoms with Crippen molar-refractivity contribution in [1.29, 1.82) is 0 Å². The molecule has 8 heteroatoms. The lowest BCUT2D eigenvalue weighted by Crippen LogP contribution is -2.23. The number of carbonyl (C=O) groups is 2. The van der Waals surface area contributed by atoms with Crippen LogP contribution in [-0.2, 0) is 6.54 Å². The van der Waals surface area contributed by atoms with E-state index in [9.17, 15) is 9.59 Å². The smallest absolute Gasteiger partial charge is 0.334 e. The number of amides is 4. The number of halogens is 1. The molecule has 0 aliphatic rings. The van der Waals surface area contributed by atoms with Crippen LogP contribution in [0.15, 0.2) is 34.6 Å². The van der Waals surface area contributed by atoms with Gasteiger partial charge >= 0.3 is 12.1 Å². The number of nitrogens with zero attached hydrogens (tertiary/aromatic N) is 3. The summed E-state index contributed by atoms with van der Waals surface area (Å²) in [5.74, 6) is 0.271. The summed E-state index contributed by atoms with van der Waals surface area (Å²) in [6, 6.07) is 3.91. The first-order valence-electron chi connectivity index (χ1n) is 5.15. The molecule has 1 aromatic rings. The van der Waals surface area contributed by atoms with Crippen molar-refractivity contribution in [1.82, 2.24) is 15.6 Å². The first kappa shape index (κ1) is 14.0. The number of azo groups is 1. The molecule has 0 aliphatic heterocycles. The summed E-state index contributed by atoms with van der Waals surface area (Å²) >= 11 is 5.35. The minimum Gasteiger partial charge on any atom is -0.334 e. The lowest BCUT2D eigenvalue weighted by molar-refractivity contribution is 0.241. The number of aromatic nitrogens is 1. The van der Waals surface area contributed by atoms with Gasteiger partial charge in [-0.25, -0.2) is 9.59 Å². The van der Waals surface area contributed by atoms with Gasteiger partial charge in [0.1, 0.15) is 0 Å². The van der Waals surface area contributed by atoms with E-state index >= 15 is 0 Å². The Balaban J connectivity index is 2.29. The Morgan fingerprint density at radius 2 is 1.94 bits per heavy atom. The zero-order valence-electron chi connectivity index (χ0n) is 9.47. The third-order valence-electron chi connectivity index (χ3n) is 1.75. The molecule has 18 heavy (non-hydrogen) atoms. The molecule has 2 N–H and O–H groups in total. The lowest BCUT2D eigenvalue weighted by atomic mass is 10.3. The highest BCUT2D eigenvalue weighted by molar-refractivity contribution is 6.18. The van der Waals surface area contributed by atoms with Crippen molar-refractivity contribution < 1.29 is 9.59 Å². The van der Waals surface area contributed by atoms with Crippen LogP contribution in [0.25, 0.3) is 0 Å². The van der Waals surface area contributed by atoms with E-state index < -0.39 is 12.1 Å². The topological polar surface area (TPSA) is 95.8 Å². The third kappa shape index (κ3) is 5.90. The van der Waals surface area contributed by atoms with Crippen molar-refractivity contribution >= 4 is 23.7 Å². The molecule has 0 saturated carbocycles. The zero-order chi connectivity index (χ0) is 13.2. The number of hydrogen-bond acceptors (Lipinski definition) is 3. The molecule has 0 radical (unpaired) electrons. The highest BCUT2D eigenvalue weighted by Crippen LogP contribution is 1.92. The fourth-order valence-electron chi connectivity index (χ4n) is 0.985. The molecule has 1 heterocycles. The highest BCUT2D eigenvalue weighted by Gasteiger charge is 2.01. The molecule has 0 atom stereocenters. The van der Waals surface area contributed by atoms with E-state index in [-0.39, 0.29) is 19.0 Å². The summed E-state index contributed by atoms with van der Waals surface area (Å²) in [6.07, 6.45) is 1.61. The number of nitrogens with one attached hydrogen (secondary N) is 2. The van der Waals surface area contributed by atoms with Crippen LogP contribution >= 0.6 is 11.6 Å². The van der Waals surface area contributed by atoms with Gasteiger partial charge in [0.15, 0.2) is 0 Å². The molecular weight excluding hydrogens is 258 g/mol. The second-order valence-corrected chi connectivity index (χ2v) is 3.48. The maximum atomic E-state index is 11.2. The van der Waals surface area contributed by atoms with Gasteiger partial charge in [0.25, 0.3) is 0 Å². The van der Waals surface area contributed by atoms with Crippen molar-refractivity contribution in [3.63, 3.8) is 0 Å². The summed E-state index contributed by atoms with van der Waals surface area (Å²) < 4.78 is 0. The average molecular weight is 270 g/mol.